The number of hydrogen-bond donors (Lipinski definition) is 1. The number of aromatic nitrogens is 4. The van der Waals surface area contributed by atoms with Crippen LogP contribution in [0.3, 0.4) is 0 Å². The standard InChI is InChI=1S/C17H19N5OS/c1-11-6-9-24-14(11)15(23)20-13-10-12(17(2,3)4)21-22(13)16-18-7-5-8-19-16/h5-10H,1-4H3,(H,20,23). The van der Waals surface area contributed by atoms with Crippen molar-refractivity contribution < 1.29 is 4.79 Å². The SMILES string of the molecule is Cc1ccsc1C(=O)Nc1cc(C(C)(C)C)nn1-c1ncccn1. The minimum absolute atomic E-state index is 0.153. The van der Waals surface area contributed by atoms with Crippen molar-refractivity contribution in [3.05, 3.63) is 52.1 Å². The molecular formula is C17H19N5OS. The average molecular weight is 341 g/mol. The van der Waals surface area contributed by atoms with E-state index in [0.717, 1.165) is 11.3 Å². The van der Waals surface area contributed by atoms with Gasteiger partial charge in [0.25, 0.3) is 11.9 Å². The molecule has 0 spiro atoms. The molecule has 3 aromatic rings. The molecule has 6 nitrogen and oxygen atoms in total. The summed E-state index contributed by atoms with van der Waals surface area (Å²) in [5.74, 6) is 0.829. The normalized spacial score (nSPS) is 11.5. The summed E-state index contributed by atoms with van der Waals surface area (Å²) in [6, 6.07) is 5.54. The fraction of sp³-hybridized carbons (Fsp3) is 0.294. The van der Waals surface area contributed by atoms with E-state index in [2.05, 4.69) is 41.2 Å². The Morgan fingerprint density at radius 1 is 1.25 bits per heavy atom. The zero-order valence-corrected chi connectivity index (χ0v) is 14.9. The highest BCUT2D eigenvalue weighted by molar-refractivity contribution is 7.12. The van der Waals surface area contributed by atoms with Gasteiger partial charge in [-0.1, -0.05) is 20.8 Å². The summed E-state index contributed by atoms with van der Waals surface area (Å²) in [5, 5.41) is 9.43. The molecule has 0 atom stereocenters. The molecule has 0 aliphatic heterocycles. The Labute approximate surface area is 144 Å². The van der Waals surface area contributed by atoms with Crippen molar-refractivity contribution in [2.75, 3.05) is 5.32 Å². The van der Waals surface area contributed by atoms with E-state index in [4.69, 9.17) is 0 Å². The second-order valence-corrected chi connectivity index (χ2v) is 7.43. The van der Waals surface area contributed by atoms with E-state index in [9.17, 15) is 4.79 Å². The van der Waals surface area contributed by atoms with Crippen LogP contribution in [0.4, 0.5) is 5.82 Å². The number of amides is 1. The van der Waals surface area contributed by atoms with Crippen LogP contribution >= 0.6 is 11.3 Å². The topological polar surface area (TPSA) is 72.7 Å². The number of nitrogens with one attached hydrogen (secondary N) is 1. The van der Waals surface area contributed by atoms with E-state index in [1.807, 2.05) is 24.4 Å². The number of aryl methyl sites for hydroxylation is 1. The van der Waals surface area contributed by atoms with Crippen LogP contribution in [-0.4, -0.2) is 25.7 Å². The number of carbonyl (C=O) groups excluding carboxylic acids is 1. The summed E-state index contributed by atoms with van der Waals surface area (Å²) < 4.78 is 1.57. The maximum atomic E-state index is 12.6. The van der Waals surface area contributed by atoms with Crippen LogP contribution in [0.15, 0.2) is 36.0 Å². The quantitative estimate of drug-likeness (QED) is 0.790. The minimum Gasteiger partial charge on any atom is -0.306 e. The first kappa shape index (κ1) is 16.3. The predicted molar refractivity (Wildman–Crippen MR) is 94.9 cm³/mol. The van der Waals surface area contributed by atoms with Crippen molar-refractivity contribution in [3.63, 3.8) is 0 Å². The van der Waals surface area contributed by atoms with Crippen LogP contribution in [0.25, 0.3) is 5.95 Å². The van der Waals surface area contributed by atoms with Crippen molar-refractivity contribution >= 4 is 23.1 Å². The highest BCUT2D eigenvalue weighted by atomic mass is 32.1. The molecule has 0 saturated heterocycles. The molecule has 0 fully saturated rings. The summed E-state index contributed by atoms with van der Waals surface area (Å²) in [6.07, 6.45) is 3.30. The highest BCUT2D eigenvalue weighted by Gasteiger charge is 2.23. The van der Waals surface area contributed by atoms with Crippen LogP contribution in [0.2, 0.25) is 0 Å². The van der Waals surface area contributed by atoms with Gasteiger partial charge in [0.15, 0.2) is 0 Å². The number of hydrogen-bond acceptors (Lipinski definition) is 5. The monoisotopic (exact) mass is 341 g/mol. The Morgan fingerprint density at radius 2 is 1.96 bits per heavy atom. The first-order chi connectivity index (χ1) is 11.4. The fourth-order valence-electron chi connectivity index (χ4n) is 2.17. The molecule has 3 heterocycles. The first-order valence-corrected chi connectivity index (χ1v) is 8.47. The van der Waals surface area contributed by atoms with Gasteiger partial charge in [-0.3, -0.25) is 4.79 Å². The van der Waals surface area contributed by atoms with Gasteiger partial charge in [0.1, 0.15) is 5.82 Å². The van der Waals surface area contributed by atoms with E-state index in [1.54, 1.807) is 23.1 Å². The molecule has 3 aromatic heterocycles. The Morgan fingerprint density at radius 3 is 2.54 bits per heavy atom. The molecule has 0 aliphatic rings. The van der Waals surface area contributed by atoms with Crippen LogP contribution in [0.5, 0.6) is 0 Å². The molecule has 0 saturated carbocycles. The van der Waals surface area contributed by atoms with Gasteiger partial charge < -0.3 is 5.32 Å². The lowest BCUT2D eigenvalue weighted by atomic mass is 9.92. The van der Waals surface area contributed by atoms with Crippen LogP contribution in [0.1, 0.15) is 41.7 Å². The third kappa shape index (κ3) is 3.21. The number of thiophene rings is 1. The molecule has 0 radical (unpaired) electrons. The van der Waals surface area contributed by atoms with Crippen molar-refractivity contribution in [1.82, 2.24) is 19.7 Å². The van der Waals surface area contributed by atoms with Crippen molar-refractivity contribution in [2.45, 2.75) is 33.1 Å². The van der Waals surface area contributed by atoms with Gasteiger partial charge in [-0.2, -0.15) is 9.78 Å². The lowest BCUT2D eigenvalue weighted by Crippen LogP contribution is -2.16. The van der Waals surface area contributed by atoms with Crippen molar-refractivity contribution in [3.8, 4) is 5.95 Å². The molecule has 1 N–H and O–H groups in total. The molecule has 7 heteroatoms. The smallest absolute Gasteiger partial charge is 0.267 e. The Bertz CT molecular complexity index is 861. The fourth-order valence-corrected chi connectivity index (χ4v) is 2.99. The minimum atomic E-state index is -0.154. The summed E-state index contributed by atoms with van der Waals surface area (Å²) >= 11 is 1.42. The largest absolute Gasteiger partial charge is 0.306 e. The van der Waals surface area contributed by atoms with Gasteiger partial charge >= 0.3 is 0 Å². The van der Waals surface area contributed by atoms with Gasteiger partial charge in [0, 0.05) is 23.9 Å². The van der Waals surface area contributed by atoms with E-state index >= 15 is 0 Å². The molecule has 1 amide bonds. The molecule has 3 rings (SSSR count). The van der Waals surface area contributed by atoms with E-state index in [1.165, 1.54) is 11.3 Å². The van der Waals surface area contributed by atoms with Gasteiger partial charge in [-0.15, -0.1) is 11.3 Å². The van der Waals surface area contributed by atoms with Crippen LogP contribution in [-0.2, 0) is 5.41 Å². The van der Waals surface area contributed by atoms with Gasteiger partial charge in [0.05, 0.1) is 10.6 Å². The predicted octanol–water partition coefficient (Wildman–Crippen LogP) is 3.58. The summed E-state index contributed by atoms with van der Waals surface area (Å²) in [5.41, 5.74) is 1.65. The summed E-state index contributed by atoms with van der Waals surface area (Å²) in [4.78, 5) is 21.7. The zero-order valence-electron chi connectivity index (χ0n) is 14.1. The second kappa shape index (κ2) is 6.16. The number of nitrogens with zero attached hydrogens (tertiary/aromatic N) is 4. The van der Waals surface area contributed by atoms with E-state index in [0.29, 0.717) is 16.6 Å². The Balaban J connectivity index is 2.01. The molecule has 0 unspecified atom stereocenters. The Kier molecular flexibility index (Phi) is 4.19. The van der Waals surface area contributed by atoms with Crippen LogP contribution < -0.4 is 5.32 Å². The lowest BCUT2D eigenvalue weighted by Gasteiger charge is -2.13. The maximum absolute atomic E-state index is 12.6. The molecule has 0 bridgehead atoms. The third-order valence-electron chi connectivity index (χ3n) is 3.53. The van der Waals surface area contributed by atoms with Gasteiger partial charge in [0.2, 0.25) is 0 Å². The molecular weight excluding hydrogens is 322 g/mol. The Hall–Kier alpha value is -2.54. The molecule has 0 aliphatic carbocycles. The van der Waals surface area contributed by atoms with E-state index in [-0.39, 0.29) is 11.3 Å². The van der Waals surface area contributed by atoms with Crippen molar-refractivity contribution in [1.29, 1.82) is 0 Å². The first-order valence-electron chi connectivity index (χ1n) is 7.59. The van der Waals surface area contributed by atoms with Gasteiger partial charge in [-0.05, 0) is 30.0 Å². The lowest BCUT2D eigenvalue weighted by molar-refractivity contribution is 0.102. The number of carbonyl (C=O) groups is 1. The number of anilines is 1. The zero-order chi connectivity index (χ0) is 17.3. The molecule has 24 heavy (non-hydrogen) atoms. The van der Waals surface area contributed by atoms with E-state index < -0.39 is 0 Å². The van der Waals surface area contributed by atoms with Gasteiger partial charge in [-0.25, -0.2) is 9.97 Å². The second-order valence-electron chi connectivity index (χ2n) is 6.51. The number of rotatable bonds is 3. The van der Waals surface area contributed by atoms with Crippen molar-refractivity contribution in [2.24, 2.45) is 0 Å². The van der Waals surface area contributed by atoms with Crippen LogP contribution in [0, 0.1) is 6.92 Å². The average Bonchev–Trinajstić information content (AvgIpc) is 3.14. The molecule has 124 valence electrons. The summed E-state index contributed by atoms with van der Waals surface area (Å²) in [6.45, 7) is 8.13. The summed E-state index contributed by atoms with van der Waals surface area (Å²) in [7, 11) is 0. The highest BCUT2D eigenvalue weighted by Crippen LogP contribution is 2.26. The third-order valence-corrected chi connectivity index (χ3v) is 4.54. The maximum Gasteiger partial charge on any atom is 0.267 e. The molecule has 0 aromatic carbocycles.